The quantitative estimate of drug-likeness (QED) is 0.336. The molecule has 0 saturated heterocycles. The second-order valence-electron chi connectivity index (χ2n) is 6.10. The Bertz CT molecular complexity index is 1200. The lowest BCUT2D eigenvalue weighted by Crippen LogP contribution is -2.03. The Balaban J connectivity index is 1.86. The molecule has 0 radical (unpaired) electrons. The summed E-state index contributed by atoms with van der Waals surface area (Å²) < 4.78 is 5.94. The zero-order valence-corrected chi connectivity index (χ0v) is 17.2. The van der Waals surface area contributed by atoms with Crippen molar-refractivity contribution in [1.82, 2.24) is 9.97 Å². The second-order valence-corrected chi connectivity index (χ2v) is 8.17. The van der Waals surface area contributed by atoms with Gasteiger partial charge in [-0.3, -0.25) is 9.97 Å². The summed E-state index contributed by atoms with van der Waals surface area (Å²) in [6.07, 6.45) is 9.18. The number of ether oxygens (including phenoxy) is 1. The van der Waals surface area contributed by atoms with Gasteiger partial charge in [0.05, 0.1) is 28.3 Å². The molecule has 0 aliphatic heterocycles. The number of nitrogens with zero attached hydrogens (tertiary/aromatic N) is 2. The van der Waals surface area contributed by atoms with E-state index in [1.54, 1.807) is 23.5 Å². The van der Waals surface area contributed by atoms with Gasteiger partial charge in [-0.15, -0.1) is 18.2 Å². The van der Waals surface area contributed by atoms with Crippen LogP contribution < -0.4 is 4.74 Å². The van der Waals surface area contributed by atoms with E-state index < -0.39 is 0 Å². The van der Waals surface area contributed by atoms with Crippen LogP contribution >= 0.6 is 23.5 Å². The molecule has 0 fully saturated rings. The molecule has 0 bridgehead atoms. The molecule has 6 heteroatoms. The molecule has 4 aromatic rings. The van der Waals surface area contributed by atoms with Crippen molar-refractivity contribution < 1.29 is 9.84 Å². The molecular formula is C23H18N2O2S2. The van der Waals surface area contributed by atoms with Crippen LogP contribution in [-0.4, -0.2) is 34.0 Å². The maximum Gasteiger partial charge on any atom is 0.144 e. The van der Waals surface area contributed by atoms with Gasteiger partial charge in [0.15, 0.2) is 0 Å². The van der Waals surface area contributed by atoms with Gasteiger partial charge in [-0.05, 0) is 18.2 Å². The van der Waals surface area contributed by atoms with Gasteiger partial charge in [-0.2, -0.15) is 0 Å². The number of hydrogen-bond donors (Lipinski definition) is 1. The number of thioether (sulfide) groups is 1. The summed E-state index contributed by atoms with van der Waals surface area (Å²) in [5.74, 6) is 3.97. The number of aliphatic hydroxyl groups is 1. The van der Waals surface area contributed by atoms with Crippen molar-refractivity contribution in [3.8, 4) is 18.1 Å². The minimum atomic E-state index is -0.0534. The fraction of sp³-hybridized carbons (Fsp3) is 0.130. The van der Waals surface area contributed by atoms with E-state index in [2.05, 4.69) is 22.0 Å². The van der Waals surface area contributed by atoms with Crippen molar-refractivity contribution in [2.24, 2.45) is 0 Å². The molecule has 2 heterocycles. The van der Waals surface area contributed by atoms with Gasteiger partial charge < -0.3 is 9.84 Å². The number of rotatable bonds is 7. The summed E-state index contributed by atoms with van der Waals surface area (Å²) in [5, 5.41) is 11.3. The van der Waals surface area contributed by atoms with Crippen LogP contribution in [0.1, 0.15) is 0 Å². The first-order chi connectivity index (χ1) is 14.3. The number of para-hydroxylation sites is 2. The number of hydrogen-bond acceptors (Lipinski definition) is 6. The first-order valence-corrected chi connectivity index (χ1v) is 10.9. The van der Waals surface area contributed by atoms with Crippen LogP contribution in [0.3, 0.4) is 0 Å². The van der Waals surface area contributed by atoms with Gasteiger partial charge in [-0.25, -0.2) is 0 Å². The normalized spacial score (nSPS) is 10.9. The van der Waals surface area contributed by atoms with Gasteiger partial charge in [0, 0.05) is 33.0 Å². The highest BCUT2D eigenvalue weighted by atomic mass is 32.2. The fourth-order valence-corrected chi connectivity index (χ4v) is 4.93. The average molecular weight is 419 g/mol. The van der Waals surface area contributed by atoms with Crippen molar-refractivity contribution >= 4 is 45.3 Å². The van der Waals surface area contributed by atoms with E-state index in [0.29, 0.717) is 5.75 Å². The van der Waals surface area contributed by atoms with Crippen molar-refractivity contribution in [2.75, 3.05) is 19.0 Å². The van der Waals surface area contributed by atoms with E-state index in [1.807, 2.05) is 54.9 Å². The Labute approximate surface area is 177 Å². The molecule has 0 atom stereocenters. The van der Waals surface area contributed by atoms with Gasteiger partial charge in [-0.1, -0.05) is 48.0 Å². The van der Waals surface area contributed by atoms with E-state index in [-0.39, 0.29) is 13.2 Å². The largest absolute Gasteiger partial charge is 0.489 e. The summed E-state index contributed by atoms with van der Waals surface area (Å²) in [5.41, 5.74) is 1.78. The van der Waals surface area contributed by atoms with Gasteiger partial charge in [0.1, 0.15) is 12.4 Å². The molecule has 2 aromatic carbocycles. The zero-order valence-electron chi connectivity index (χ0n) is 15.5. The number of fused-ring (bicyclic) bond motifs is 2. The lowest BCUT2D eigenvalue weighted by molar-refractivity contribution is 0.200. The Morgan fingerprint density at radius 2 is 1.59 bits per heavy atom. The third-order valence-corrected chi connectivity index (χ3v) is 6.46. The van der Waals surface area contributed by atoms with Crippen LogP contribution in [0.4, 0.5) is 0 Å². The van der Waals surface area contributed by atoms with Crippen LogP contribution in [0.15, 0.2) is 75.6 Å². The predicted molar refractivity (Wildman–Crippen MR) is 120 cm³/mol. The monoisotopic (exact) mass is 418 g/mol. The average Bonchev–Trinajstić information content (AvgIpc) is 2.77. The maximum atomic E-state index is 9.29. The van der Waals surface area contributed by atoms with Crippen LogP contribution in [0.5, 0.6) is 5.75 Å². The lowest BCUT2D eigenvalue weighted by Gasteiger charge is -2.15. The van der Waals surface area contributed by atoms with E-state index in [9.17, 15) is 5.11 Å². The molecule has 144 valence electrons. The highest BCUT2D eigenvalue weighted by molar-refractivity contribution is 8.02. The third kappa shape index (κ3) is 4.18. The molecule has 0 unspecified atom stereocenters. The summed E-state index contributed by atoms with van der Waals surface area (Å²) in [4.78, 5) is 12.2. The SMILES string of the molecule is C#CCSc1cnc2ccccc2c1Sc1cnc2ccccc2c1OCCO. The fourth-order valence-electron chi connectivity index (χ4n) is 3.00. The molecule has 29 heavy (non-hydrogen) atoms. The molecule has 0 aliphatic carbocycles. The lowest BCUT2D eigenvalue weighted by atomic mass is 10.2. The third-order valence-electron chi connectivity index (χ3n) is 4.25. The van der Waals surface area contributed by atoms with E-state index >= 15 is 0 Å². The van der Waals surface area contributed by atoms with E-state index in [1.165, 1.54) is 0 Å². The minimum absolute atomic E-state index is 0.0534. The summed E-state index contributed by atoms with van der Waals surface area (Å²) in [6, 6.07) is 15.9. The molecule has 4 rings (SSSR count). The van der Waals surface area contributed by atoms with Gasteiger partial charge in [0.2, 0.25) is 0 Å². The molecule has 4 nitrogen and oxygen atoms in total. The number of aliphatic hydroxyl groups excluding tert-OH is 1. The Morgan fingerprint density at radius 1 is 0.931 bits per heavy atom. The molecule has 0 spiro atoms. The Morgan fingerprint density at radius 3 is 2.31 bits per heavy atom. The van der Waals surface area contributed by atoms with Crippen molar-refractivity contribution in [3.05, 3.63) is 60.9 Å². The Kier molecular flexibility index (Phi) is 6.20. The molecule has 2 aromatic heterocycles. The second kappa shape index (κ2) is 9.19. The van der Waals surface area contributed by atoms with Crippen molar-refractivity contribution in [3.63, 3.8) is 0 Å². The maximum absolute atomic E-state index is 9.29. The van der Waals surface area contributed by atoms with Crippen molar-refractivity contribution in [2.45, 2.75) is 14.7 Å². The van der Waals surface area contributed by atoms with Crippen LogP contribution in [-0.2, 0) is 0 Å². The highest BCUT2D eigenvalue weighted by Crippen LogP contribution is 2.44. The molecule has 0 saturated carbocycles. The smallest absolute Gasteiger partial charge is 0.144 e. The van der Waals surface area contributed by atoms with E-state index in [0.717, 1.165) is 42.2 Å². The first kappa shape index (κ1) is 19.6. The van der Waals surface area contributed by atoms with E-state index in [4.69, 9.17) is 11.2 Å². The molecule has 1 N–H and O–H groups in total. The molecule has 0 aliphatic rings. The van der Waals surface area contributed by atoms with Crippen LogP contribution in [0.25, 0.3) is 21.8 Å². The summed E-state index contributed by atoms with van der Waals surface area (Å²) in [7, 11) is 0. The number of aromatic nitrogens is 2. The first-order valence-electron chi connectivity index (χ1n) is 9.05. The minimum Gasteiger partial charge on any atom is -0.489 e. The predicted octanol–water partition coefficient (Wildman–Crippen LogP) is 5.03. The molecule has 0 amide bonds. The standard InChI is InChI=1S/C23H18N2O2S2/c1-2-13-28-21-15-25-19-10-6-4-8-17(19)23(21)29-20-14-24-18-9-5-3-7-16(18)22(20)27-12-11-26/h1,3-10,14-15,26H,11-13H2. The highest BCUT2D eigenvalue weighted by Gasteiger charge is 2.16. The molecular weight excluding hydrogens is 400 g/mol. The summed E-state index contributed by atoms with van der Waals surface area (Å²) >= 11 is 3.18. The van der Waals surface area contributed by atoms with Gasteiger partial charge >= 0.3 is 0 Å². The Hall–Kier alpha value is -2.72. The van der Waals surface area contributed by atoms with Crippen LogP contribution in [0.2, 0.25) is 0 Å². The zero-order chi connectivity index (χ0) is 20.1. The summed E-state index contributed by atoms with van der Waals surface area (Å²) in [6.45, 7) is 0.166. The number of benzene rings is 2. The van der Waals surface area contributed by atoms with Crippen LogP contribution in [0, 0.1) is 12.3 Å². The topological polar surface area (TPSA) is 55.2 Å². The van der Waals surface area contributed by atoms with Gasteiger partial charge in [0.25, 0.3) is 0 Å². The number of pyridine rings is 2. The number of terminal acetylenes is 1. The van der Waals surface area contributed by atoms with Crippen molar-refractivity contribution in [1.29, 1.82) is 0 Å².